The Morgan fingerprint density at radius 1 is 1.27 bits per heavy atom. The minimum absolute atomic E-state index is 0.00965. The first kappa shape index (κ1) is 27.2. The van der Waals surface area contributed by atoms with Crippen molar-refractivity contribution >= 4 is 29.5 Å². The molecule has 0 unspecified atom stereocenters. The van der Waals surface area contributed by atoms with E-state index in [1.807, 2.05) is 0 Å². The molecular formula is C26H27ClFN9O3. The second-order valence-corrected chi connectivity index (χ2v) is 9.75. The highest BCUT2D eigenvalue weighted by Gasteiger charge is 2.28. The van der Waals surface area contributed by atoms with E-state index in [9.17, 15) is 9.18 Å². The fourth-order valence-corrected chi connectivity index (χ4v) is 4.62. The lowest BCUT2D eigenvalue weighted by Gasteiger charge is -2.33. The molecule has 5 rings (SSSR count). The Kier molecular flexibility index (Phi) is 8.31. The Hall–Kier alpha value is -4.36. The number of nitrogens with zero attached hydrogens (tertiary/aromatic N) is 7. The molecule has 208 valence electrons. The summed E-state index contributed by atoms with van der Waals surface area (Å²) in [7, 11) is 0. The molecule has 1 fully saturated rings. The van der Waals surface area contributed by atoms with E-state index in [4.69, 9.17) is 26.7 Å². The standard InChI is InChI=1S/C26H27ClFN9O3/c1-16-5-2-3-12-36(16)14-22-23(31-35-37(22)25-24(29)33-40-34-25)26(38)32-30-13-17-8-10-18(11-9-17)39-15-19-20(27)6-4-7-21(19)28/h4,6-11,13,16H,2-3,5,12,14-15H2,1H3,(H2,29,33)(H,32,38)/b30-13+/t16-/m0/s1. The Morgan fingerprint density at radius 3 is 2.83 bits per heavy atom. The van der Waals surface area contributed by atoms with E-state index in [1.54, 1.807) is 30.3 Å². The van der Waals surface area contributed by atoms with Crippen molar-refractivity contribution in [2.45, 2.75) is 45.4 Å². The number of anilines is 1. The van der Waals surface area contributed by atoms with Crippen molar-refractivity contribution < 1.29 is 18.6 Å². The molecule has 2 aromatic heterocycles. The van der Waals surface area contributed by atoms with Gasteiger partial charge in [-0.3, -0.25) is 9.69 Å². The van der Waals surface area contributed by atoms with Crippen LogP contribution in [0.3, 0.4) is 0 Å². The number of ether oxygens (including phenoxy) is 1. The summed E-state index contributed by atoms with van der Waals surface area (Å²) in [6.07, 6.45) is 4.75. The zero-order chi connectivity index (χ0) is 28.1. The molecule has 0 saturated carbocycles. The number of amides is 1. The third-order valence-electron chi connectivity index (χ3n) is 6.67. The zero-order valence-electron chi connectivity index (χ0n) is 21.6. The lowest BCUT2D eigenvalue weighted by atomic mass is 10.0. The van der Waals surface area contributed by atoms with Crippen molar-refractivity contribution in [3.63, 3.8) is 0 Å². The van der Waals surface area contributed by atoms with Crippen LogP contribution in [-0.2, 0) is 13.2 Å². The third-order valence-corrected chi connectivity index (χ3v) is 7.03. The molecule has 0 aliphatic carbocycles. The van der Waals surface area contributed by atoms with Crippen LogP contribution in [0.15, 0.2) is 52.2 Å². The summed E-state index contributed by atoms with van der Waals surface area (Å²) in [6, 6.07) is 11.7. The summed E-state index contributed by atoms with van der Waals surface area (Å²) in [5, 5.41) is 20.0. The zero-order valence-corrected chi connectivity index (χ0v) is 22.4. The molecule has 3 heterocycles. The van der Waals surface area contributed by atoms with Gasteiger partial charge in [0, 0.05) is 18.2 Å². The number of nitrogens with two attached hydrogens (primary N) is 1. The van der Waals surface area contributed by atoms with Gasteiger partial charge in [0.05, 0.1) is 16.9 Å². The first-order chi connectivity index (χ1) is 19.4. The lowest BCUT2D eigenvalue weighted by molar-refractivity contribution is 0.0945. The van der Waals surface area contributed by atoms with Crippen LogP contribution in [0.2, 0.25) is 5.02 Å². The fraction of sp³-hybridized carbons (Fsp3) is 0.308. The van der Waals surface area contributed by atoms with E-state index in [0.717, 1.165) is 25.8 Å². The normalized spacial score (nSPS) is 15.9. The number of aromatic nitrogens is 5. The Labute approximate surface area is 233 Å². The molecule has 14 heteroatoms. The molecule has 1 amide bonds. The van der Waals surface area contributed by atoms with Crippen LogP contribution in [-0.4, -0.2) is 54.9 Å². The van der Waals surface area contributed by atoms with Crippen molar-refractivity contribution in [1.82, 2.24) is 35.6 Å². The van der Waals surface area contributed by atoms with E-state index in [0.29, 0.717) is 34.6 Å². The Morgan fingerprint density at radius 2 is 2.10 bits per heavy atom. The minimum Gasteiger partial charge on any atom is -0.489 e. The van der Waals surface area contributed by atoms with Gasteiger partial charge in [-0.2, -0.15) is 9.78 Å². The van der Waals surface area contributed by atoms with E-state index in [-0.39, 0.29) is 29.5 Å². The van der Waals surface area contributed by atoms with Gasteiger partial charge in [0.1, 0.15) is 18.2 Å². The fourth-order valence-electron chi connectivity index (χ4n) is 4.41. The lowest BCUT2D eigenvalue weighted by Crippen LogP contribution is -2.38. The smallest absolute Gasteiger partial charge is 0.293 e. The number of nitrogen functional groups attached to an aromatic ring is 1. The highest BCUT2D eigenvalue weighted by Crippen LogP contribution is 2.23. The highest BCUT2D eigenvalue weighted by atomic mass is 35.5. The van der Waals surface area contributed by atoms with Crippen LogP contribution in [0, 0.1) is 5.82 Å². The van der Waals surface area contributed by atoms with Crippen LogP contribution in [0.5, 0.6) is 5.75 Å². The average Bonchev–Trinajstić information content (AvgIpc) is 3.56. The molecule has 0 radical (unpaired) electrons. The number of hydrogen-bond donors (Lipinski definition) is 2. The van der Waals surface area contributed by atoms with Gasteiger partial charge in [0.25, 0.3) is 5.91 Å². The molecule has 3 N–H and O–H groups in total. The topological polar surface area (TPSA) is 150 Å². The number of hydrogen-bond acceptors (Lipinski definition) is 10. The van der Waals surface area contributed by atoms with Gasteiger partial charge in [-0.05, 0) is 78.6 Å². The van der Waals surface area contributed by atoms with Gasteiger partial charge in [0.15, 0.2) is 5.69 Å². The summed E-state index contributed by atoms with van der Waals surface area (Å²) < 4.78 is 25.7. The maximum Gasteiger partial charge on any atom is 0.293 e. The van der Waals surface area contributed by atoms with Crippen molar-refractivity contribution in [3.05, 3.63) is 75.8 Å². The number of likely N-dealkylation sites (tertiary alicyclic amines) is 1. The molecule has 40 heavy (non-hydrogen) atoms. The molecule has 1 aliphatic heterocycles. The number of carbonyl (C=O) groups excluding carboxylic acids is 1. The van der Waals surface area contributed by atoms with E-state index in [2.05, 4.69) is 43.0 Å². The predicted molar refractivity (Wildman–Crippen MR) is 145 cm³/mol. The van der Waals surface area contributed by atoms with Crippen LogP contribution in [0.1, 0.15) is 53.5 Å². The van der Waals surface area contributed by atoms with Gasteiger partial charge < -0.3 is 10.5 Å². The number of nitrogens with one attached hydrogen (secondary N) is 1. The predicted octanol–water partition coefficient (Wildman–Crippen LogP) is 3.74. The second-order valence-electron chi connectivity index (χ2n) is 9.34. The maximum absolute atomic E-state index is 14.0. The molecule has 4 aromatic rings. The number of piperidine rings is 1. The second kappa shape index (κ2) is 12.2. The van der Waals surface area contributed by atoms with Gasteiger partial charge in [-0.15, -0.1) is 5.10 Å². The number of carbonyl (C=O) groups is 1. The Bertz CT molecular complexity index is 1490. The number of hydrazone groups is 1. The molecule has 2 aromatic carbocycles. The SMILES string of the molecule is C[C@H]1CCCCN1Cc1c(C(=O)N/N=C/c2ccc(OCc3c(F)cccc3Cl)cc2)nnn1-c1nonc1N. The Balaban J connectivity index is 1.25. The average molecular weight is 568 g/mol. The van der Waals surface area contributed by atoms with Crippen LogP contribution < -0.4 is 15.9 Å². The van der Waals surface area contributed by atoms with Crippen LogP contribution in [0.25, 0.3) is 5.82 Å². The maximum atomic E-state index is 14.0. The van der Waals surface area contributed by atoms with Crippen molar-refractivity contribution in [3.8, 4) is 11.6 Å². The van der Waals surface area contributed by atoms with Crippen molar-refractivity contribution in [1.29, 1.82) is 0 Å². The molecule has 1 aliphatic rings. The summed E-state index contributed by atoms with van der Waals surface area (Å²) in [6.45, 7) is 3.43. The van der Waals surface area contributed by atoms with Gasteiger partial charge in [0.2, 0.25) is 11.6 Å². The summed E-state index contributed by atoms with van der Waals surface area (Å²) in [5.41, 5.74) is 9.95. The first-order valence-corrected chi connectivity index (χ1v) is 13.0. The number of benzene rings is 2. The van der Waals surface area contributed by atoms with E-state index in [1.165, 1.54) is 23.0 Å². The van der Waals surface area contributed by atoms with Gasteiger partial charge in [-0.1, -0.05) is 29.3 Å². The van der Waals surface area contributed by atoms with E-state index >= 15 is 0 Å². The monoisotopic (exact) mass is 567 g/mol. The van der Waals surface area contributed by atoms with Crippen molar-refractivity contribution in [2.75, 3.05) is 12.3 Å². The largest absolute Gasteiger partial charge is 0.489 e. The molecule has 1 saturated heterocycles. The van der Waals surface area contributed by atoms with Crippen molar-refractivity contribution in [2.24, 2.45) is 5.10 Å². The molecule has 0 bridgehead atoms. The molecule has 0 spiro atoms. The van der Waals surface area contributed by atoms with Crippen LogP contribution >= 0.6 is 11.6 Å². The quantitative estimate of drug-likeness (QED) is 0.228. The summed E-state index contributed by atoms with van der Waals surface area (Å²) in [4.78, 5) is 15.3. The minimum atomic E-state index is -0.543. The number of halogens is 2. The van der Waals surface area contributed by atoms with Crippen LogP contribution in [0.4, 0.5) is 10.2 Å². The van der Waals surface area contributed by atoms with Gasteiger partial charge in [-0.25, -0.2) is 14.4 Å². The van der Waals surface area contributed by atoms with Gasteiger partial charge >= 0.3 is 0 Å². The molecular weight excluding hydrogens is 541 g/mol. The summed E-state index contributed by atoms with van der Waals surface area (Å²) in [5.74, 6) is -0.252. The molecule has 12 nitrogen and oxygen atoms in total. The highest BCUT2D eigenvalue weighted by molar-refractivity contribution is 6.31. The third kappa shape index (κ3) is 6.10. The number of rotatable bonds is 9. The van der Waals surface area contributed by atoms with E-state index < -0.39 is 11.7 Å². The molecule has 1 atom stereocenters. The first-order valence-electron chi connectivity index (χ1n) is 12.7. The summed E-state index contributed by atoms with van der Waals surface area (Å²) >= 11 is 6.05.